The molecule has 0 saturated carbocycles. The predicted octanol–water partition coefficient (Wildman–Crippen LogP) is 1.15. The molecule has 1 aliphatic rings. The summed E-state index contributed by atoms with van der Waals surface area (Å²) in [5.41, 5.74) is -0.0396. The van der Waals surface area contributed by atoms with Gasteiger partial charge in [-0.05, 0) is 12.8 Å². The van der Waals surface area contributed by atoms with E-state index < -0.39 is 11.9 Å². The molecule has 2 heterocycles. The molecule has 7 heteroatoms. The van der Waals surface area contributed by atoms with E-state index in [1.807, 2.05) is 0 Å². The van der Waals surface area contributed by atoms with Crippen LogP contribution in [0.2, 0.25) is 0 Å². The highest BCUT2D eigenvalue weighted by atomic mass is 16.5. The number of aromatic carboxylic acids is 1. The van der Waals surface area contributed by atoms with E-state index in [9.17, 15) is 9.59 Å². The van der Waals surface area contributed by atoms with Gasteiger partial charge in [-0.15, -0.1) is 0 Å². The number of carboxylic acid groups (broad SMARTS) is 1. The van der Waals surface area contributed by atoms with E-state index in [1.165, 1.54) is 6.07 Å². The maximum Gasteiger partial charge on any atom is 0.338 e. The predicted molar refractivity (Wildman–Crippen MR) is 72.4 cm³/mol. The van der Waals surface area contributed by atoms with Crippen LogP contribution in [0.4, 0.5) is 0 Å². The molecule has 21 heavy (non-hydrogen) atoms. The van der Waals surface area contributed by atoms with Crippen molar-refractivity contribution in [1.29, 1.82) is 0 Å². The number of hydrogen-bond acceptors (Lipinski definition) is 5. The summed E-state index contributed by atoms with van der Waals surface area (Å²) in [7, 11) is 0. The summed E-state index contributed by atoms with van der Waals surface area (Å²) in [6, 6.07) is 1.20. The zero-order chi connectivity index (χ0) is 15.1. The second-order valence-electron chi connectivity index (χ2n) is 4.92. The molecule has 1 aromatic heterocycles. The maximum absolute atomic E-state index is 11.7. The van der Waals surface area contributed by atoms with Crippen LogP contribution in [0.1, 0.15) is 33.8 Å². The third-order valence-corrected chi connectivity index (χ3v) is 3.20. The number of nitrogens with one attached hydrogen (secondary N) is 1. The van der Waals surface area contributed by atoms with Gasteiger partial charge in [0.25, 0.3) is 5.91 Å². The Balaban J connectivity index is 1.57. The zero-order valence-corrected chi connectivity index (χ0v) is 11.7. The highest BCUT2D eigenvalue weighted by Gasteiger charge is 2.16. The molecule has 0 radical (unpaired) electrons. The Labute approximate surface area is 122 Å². The number of carbonyl (C=O) groups excluding carboxylic acids is 1. The summed E-state index contributed by atoms with van der Waals surface area (Å²) in [6.07, 6.45) is 2.77. The van der Waals surface area contributed by atoms with Crippen LogP contribution in [-0.2, 0) is 9.47 Å². The first-order chi connectivity index (χ1) is 10.2. The van der Waals surface area contributed by atoms with Gasteiger partial charge in [-0.25, -0.2) is 4.79 Å². The first-order valence-corrected chi connectivity index (χ1v) is 6.92. The minimum Gasteiger partial charge on any atom is -0.478 e. The van der Waals surface area contributed by atoms with Crippen molar-refractivity contribution in [2.75, 3.05) is 33.0 Å². The van der Waals surface area contributed by atoms with Crippen molar-refractivity contribution >= 4 is 11.9 Å². The highest BCUT2D eigenvalue weighted by Crippen LogP contribution is 2.12. The van der Waals surface area contributed by atoms with Crippen molar-refractivity contribution in [3.63, 3.8) is 0 Å². The Morgan fingerprint density at radius 1 is 1.48 bits per heavy atom. The van der Waals surface area contributed by atoms with E-state index in [0.717, 1.165) is 25.9 Å². The molecule has 0 spiro atoms. The summed E-state index contributed by atoms with van der Waals surface area (Å²) < 4.78 is 15.6. The average molecular weight is 297 g/mol. The number of hydrogen-bond donors (Lipinski definition) is 2. The van der Waals surface area contributed by atoms with Gasteiger partial charge in [-0.2, -0.15) is 0 Å². The van der Waals surface area contributed by atoms with E-state index in [0.29, 0.717) is 32.1 Å². The summed E-state index contributed by atoms with van der Waals surface area (Å²) in [5, 5.41) is 11.4. The average Bonchev–Trinajstić information content (AvgIpc) is 3.13. The number of carboxylic acids is 1. The second kappa shape index (κ2) is 7.80. The van der Waals surface area contributed by atoms with Gasteiger partial charge in [0.15, 0.2) is 5.76 Å². The second-order valence-corrected chi connectivity index (χ2v) is 4.92. The van der Waals surface area contributed by atoms with Crippen LogP contribution >= 0.6 is 0 Å². The Morgan fingerprint density at radius 2 is 2.33 bits per heavy atom. The molecule has 1 atom stereocenters. The van der Waals surface area contributed by atoms with Gasteiger partial charge in [0.1, 0.15) is 6.26 Å². The van der Waals surface area contributed by atoms with E-state index in [2.05, 4.69) is 5.32 Å². The fourth-order valence-electron chi connectivity index (χ4n) is 2.00. The molecule has 1 unspecified atom stereocenters. The molecule has 1 saturated heterocycles. The van der Waals surface area contributed by atoms with Gasteiger partial charge in [0.05, 0.1) is 18.8 Å². The molecule has 0 aromatic carbocycles. The molecular formula is C14H19NO6. The van der Waals surface area contributed by atoms with Crippen LogP contribution in [-0.4, -0.2) is 50.0 Å². The Hall–Kier alpha value is -1.86. The van der Waals surface area contributed by atoms with E-state index >= 15 is 0 Å². The van der Waals surface area contributed by atoms with Crippen molar-refractivity contribution in [2.45, 2.75) is 12.8 Å². The number of rotatable bonds is 8. The molecule has 7 nitrogen and oxygen atoms in total. The number of carbonyl (C=O) groups is 2. The highest BCUT2D eigenvalue weighted by molar-refractivity contribution is 5.95. The number of amides is 1. The maximum atomic E-state index is 11.7. The minimum absolute atomic E-state index is 0.00331. The molecule has 1 aliphatic heterocycles. The lowest BCUT2D eigenvalue weighted by Crippen LogP contribution is -2.25. The van der Waals surface area contributed by atoms with Crippen molar-refractivity contribution in [2.24, 2.45) is 5.92 Å². The van der Waals surface area contributed by atoms with Gasteiger partial charge < -0.3 is 24.3 Å². The summed E-state index contributed by atoms with van der Waals surface area (Å²) >= 11 is 0. The van der Waals surface area contributed by atoms with Gasteiger partial charge in [0.2, 0.25) is 0 Å². The van der Waals surface area contributed by atoms with Crippen molar-refractivity contribution in [1.82, 2.24) is 5.32 Å². The van der Waals surface area contributed by atoms with Crippen LogP contribution < -0.4 is 5.32 Å². The first kappa shape index (κ1) is 15.5. The summed E-state index contributed by atoms with van der Waals surface area (Å²) in [6.45, 7) is 3.28. The van der Waals surface area contributed by atoms with Gasteiger partial charge in [0, 0.05) is 31.7 Å². The lowest BCUT2D eigenvalue weighted by atomic mass is 10.1. The zero-order valence-electron chi connectivity index (χ0n) is 11.7. The Morgan fingerprint density at radius 3 is 3.00 bits per heavy atom. The van der Waals surface area contributed by atoms with E-state index in [4.69, 9.17) is 19.0 Å². The Bertz CT molecular complexity index is 478. The molecule has 1 fully saturated rings. The number of furan rings is 1. The first-order valence-electron chi connectivity index (χ1n) is 6.92. The summed E-state index contributed by atoms with van der Waals surface area (Å²) in [4.78, 5) is 22.3. The normalized spacial score (nSPS) is 17.8. The molecule has 2 N–H and O–H groups in total. The van der Waals surface area contributed by atoms with Crippen molar-refractivity contribution in [3.05, 3.63) is 23.7 Å². The molecule has 0 bridgehead atoms. The SMILES string of the molecule is O=C(O)c1coc(C(=O)NCCCOCC2CCOC2)c1. The molecule has 2 rings (SSSR count). The minimum atomic E-state index is -1.12. The van der Waals surface area contributed by atoms with Gasteiger partial charge >= 0.3 is 5.97 Å². The van der Waals surface area contributed by atoms with Crippen LogP contribution in [0, 0.1) is 5.92 Å². The molecule has 116 valence electrons. The largest absolute Gasteiger partial charge is 0.478 e. The molecule has 1 amide bonds. The number of ether oxygens (including phenoxy) is 2. The van der Waals surface area contributed by atoms with Gasteiger partial charge in [-0.3, -0.25) is 4.79 Å². The lowest BCUT2D eigenvalue weighted by Gasteiger charge is -2.08. The Kier molecular flexibility index (Phi) is 5.77. The van der Waals surface area contributed by atoms with Crippen LogP contribution in [0.25, 0.3) is 0 Å². The van der Waals surface area contributed by atoms with E-state index in [1.54, 1.807) is 0 Å². The monoisotopic (exact) mass is 297 g/mol. The van der Waals surface area contributed by atoms with Crippen LogP contribution in [0.15, 0.2) is 16.7 Å². The quantitative estimate of drug-likeness (QED) is 0.698. The fraction of sp³-hybridized carbons (Fsp3) is 0.571. The van der Waals surface area contributed by atoms with Crippen molar-refractivity contribution < 1.29 is 28.6 Å². The molecule has 1 aromatic rings. The third-order valence-electron chi connectivity index (χ3n) is 3.20. The van der Waals surface area contributed by atoms with E-state index in [-0.39, 0.29) is 11.3 Å². The third kappa shape index (κ3) is 4.87. The van der Waals surface area contributed by atoms with Crippen LogP contribution in [0.5, 0.6) is 0 Å². The van der Waals surface area contributed by atoms with Gasteiger partial charge in [-0.1, -0.05) is 0 Å². The molecule has 0 aliphatic carbocycles. The standard InChI is InChI=1S/C14H19NO6/c16-13(12-6-11(9-21-12)14(17)18)15-3-1-4-19-7-10-2-5-20-8-10/h6,9-10H,1-5,7-8H2,(H,15,16)(H,17,18). The van der Waals surface area contributed by atoms with Crippen molar-refractivity contribution in [3.8, 4) is 0 Å². The lowest BCUT2D eigenvalue weighted by molar-refractivity contribution is 0.0695. The van der Waals surface area contributed by atoms with Crippen LogP contribution in [0.3, 0.4) is 0 Å². The topological polar surface area (TPSA) is 98.0 Å². The smallest absolute Gasteiger partial charge is 0.338 e. The summed E-state index contributed by atoms with van der Waals surface area (Å²) in [5.74, 6) is -1.07. The fourth-order valence-corrected chi connectivity index (χ4v) is 2.00. The molecular weight excluding hydrogens is 278 g/mol.